The molecule has 1 N–H and O–H groups in total. The second-order valence-electron chi connectivity index (χ2n) is 7.07. The minimum absolute atomic E-state index is 0.300. The number of amides is 1. The van der Waals surface area contributed by atoms with Crippen LogP contribution in [0.5, 0.6) is 5.75 Å². The molecule has 0 saturated carbocycles. The third kappa shape index (κ3) is 4.32. The number of pyridine rings is 1. The number of rotatable bonds is 5. The Hall–Kier alpha value is -3.29. The van der Waals surface area contributed by atoms with E-state index in [0.717, 1.165) is 43.2 Å². The van der Waals surface area contributed by atoms with Crippen LogP contribution in [-0.2, 0) is 11.0 Å². The molecule has 156 valence electrons. The van der Waals surface area contributed by atoms with Gasteiger partial charge >= 0.3 is 6.18 Å². The minimum Gasteiger partial charge on any atom is -0.481 e. The summed E-state index contributed by atoms with van der Waals surface area (Å²) in [6, 6.07) is 14.1. The number of para-hydroxylation sites is 2. The summed E-state index contributed by atoms with van der Waals surface area (Å²) < 4.78 is 44.9. The van der Waals surface area contributed by atoms with E-state index in [1.54, 1.807) is 12.1 Å². The molecule has 1 aromatic heterocycles. The Kier molecular flexibility index (Phi) is 5.48. The van der Waals surface area contributed by atoms with Gasteiger partial charge in [-0.3, -0.25) is 4.79 Å². The molecular weight excluding hydrogens is 395 g/mol. The van der Waals surface area contributed by atoms with Gasteiger partial charge in [-0.1, -0.05) is 24.3 Å². The van der Waals surface area contributed by atoms with E-state index < -0.39 is 24.3 Å². The van der Waals surface area contributed by atoms with E-state index in [1.807, 2.05) is 18.2 Å². The van der Waals surface area contributed by atoms with E-state index in [1.165, 1.54) is 18.2 Å². The van der Waals surface area contributed by atoms with Crippen LogP contribution < -0.4 is 15.0 Å². The normalized spacial score (nSPS) is 14.2. The van der Waals surface area contributed by atoms with Crippen LogP contribution in [0.15, 0.2) is 54.6 Å². The van der Waals surface area contributed by atoms with Gasteiger partial charge in [0.1, 0.15) is 17.1 Å². The summed E-state index contributed by atoms with van der Waals surface area (Å²) in [5.41, 5.74) is -0.586. The number of hydrogen-bond donors (Lipinski definition) is 1. The fourth-order valence-corrected chi connectivity index (χ4v) is 3.52. The van der Waals surface area contributed by atoms with Gasteiger partial charge in [0.05, 0.1) is 11.3 Å². The van der Waals surface area contributed by atoms with Crippen LogP contribution in [-0.4, -0.2) is 30.6 Å². The largest absolute Gasteiger partial charge is 0.481 e. The van der Waals surface area contributed by atoms with Crippen LogP contribution in [0.2, 0.25) is 0 Å². The third-order valence-corrected chi connectivity index (χ3v) is 4.96. The van der Waals surface area contributed by atoms with Gasteiger partial charge < -0.3 is 15.0 Å². The molecular formula is C22H20F3N3O2. The van der Waals surface area contributed by atoms with E-state index in [2.05, 4.69) is 15.2 Å². The molecule has 1 saturated heterocycles. The lowest BCUT2D eigenvalue weighted by Crippen LogP contribution is -2.22. The highest BCUT2D eigenvalue weighted by Gasteiger charge is 2.33. The van der Waals surface area contributed by atoms with E-state index in [0.29, 0.717) is 11.3 Å². The average molecular weight is 415 g/mol. The van der Waals surface area contributed by atoms with E-state index in [4.69, 9.17) is 4.74 Å². The number of anilines is 2. The molecule has 1 aliphatic heterocycles. The summed E-state index contributed by atoms with van der Waals surface area (Å²) in [7, 11) is 0. The van der Waals surface area contributed by atoms with Crippen molar-refractivity contribution in [2.24, 2.45) is 0 Å². The fourth-order valence-electron chi connectivity index (χ4n) is 3.52. The molecule has 0 spiro atoms. The topological polar surface area (TPSA) is 54.5 Å². The quantitative estimate of drug-likeness (QED) is 0.646. The van der Waals surface area contributed by atoms with Crippen molar-refractivity contribution in [2.75, 3.05) is 29.9 Å². The summed E-state index contributed by atoms with van der Waals surface area (Å²) in [5.74, 6) is 0.576. The van der Waals surface area contributed by atoms with Gasteiger partial charge in [0.15, 0.2) is 6.61 Å². The van der Waals surface area contributed by atoms with E-state index >= 15 is 0 Å². The zero-order valence-electron chi connectivity index (χ0n) is 16.1. The Morgan fingerprint density at radius 1 is 1.03 bits per heavy atom. The standard InChI is InChI=1S/C22H20F3N3O2/c23-22(24,25)16-7-1-2-8-17(16)26-20(29)14-30-18-9-5-6-15-10-11-19(27-21(15)18)28-12-3-4-13-28/h1-2,5-11H,3-4,12-14H2,(H,26,29). The smallest absolute Gasteiger partial charge is 0.418 e. The molecule has 0 atom stereocenters. The minimum atomic E-state index is -4.56. The van der Waals surface area contributed by atoms with Crippen molar-refractivity contribution in [1.82, 2.24) is 4.98 Å². The Balaban J connectivity index is 1.50. The van der Waals surface area contributed by atoms with Crippen molar-refractivity contribution < 1.29 is 22.7 Å². The van der Waals surface area contributed by atoms with Gasteiger partial charge in [-0.2, -0.15) is 13.2 Å². The predicted octanol–water partition coefficient (Wildman–Crippen LogP) is 4.87. The second-order valence-corrected chi connectivity index (χ2v) is 7.07. The number of ether oxygens (including phenoxy) is 1. The lowest BCUT2D eigenvalue weighted by molar-refractivity contribution is -0.137. The summed E-state index contributed by atoms with van der Waals surface area (Å²) in [4.78, 5) is 19.1. The molecule has 1 aliphatic rings. The molecule has 3 aromatic rings. The van der Waals surface area contributed by atoms with Crippen molar-refractivity contribution in [3.63, 3.8) is 0 Å². The number of alkyl halides is 3. The second kappa shape index (κ2) is 8.22. The zero-order chi connectivity index (χ0) is 21.1. The Bertz CT molecular complexity index is 1060. The van der Waals surface area contributed by atoms with Crippen LogP contribution >= 0.6 is 0 Å². The monoisotopic (exact) mass is 415 g/mol. The Morgan fingerprint density at radius 3 is 2.57 bits per heavy atom. The third-order valence-electron chi connectivity index (χ3n) is 4.96. The van der Waals surface area contributed by atoms with Gasteiger partial charge in [0.25, 0.3) is 5.91 Å². The molecule has 8 heteroatoms. The first-order chi connectivity index (χ1) is 14.4. The highest BCUT2D eigenvalue weighted by atomic mass is 19.4. The molecule has 0 aliphatic carbocycles. The van der Waals surface area contributed by atoms with Crippen molar-refractivity contribution in [3.8, 4) is 5.75 Å². The predicted molar refractivity (Wildman–Crippen MR) is 109 cm³/mol. The lowest BCUT2D eigenvalue weighted by Gasteiger charge is -2.17. The molecule has 0 radical (unpaired) electrons. The number of hydrogen-bond acceptors (Lipinski definition) is 4. The highest BCUT2D eigenvalue weighted by molar-refractivity contribution is 5.93. The molecule has 30 heavy (non-hydrogen) atoms. The molecule has 2 aromatic carbocycles. The number of nitrogens with one attached hydrogen (secondary N) is 1. The van der Waals surface area contributed by atoms with Crippen molar-refractivity contribution >= 4 is 28.3 Å². The fraction of sp³-hybridized carbons (Fsp3) is 0.273. The van der Waals surface area contributed by atoms with Gasteiger partial charge in [0.2, 0.25) is 0 Å². The van der Waals surface area contributed by atoms with Gasteiger partial charge in [0, 0.05) is 18.5 Å². The first-order valence-corrected chi connectivity index (χ1v) is 9.65. The van der Waals surface area contributed by atoms with Crippen LogP contribution in [0.4, 0.5) is 24.7 Å². The number of aromatic nitrogens is 1. The molecule has 1 fully saturated rings. The summed E-state index contributed by atoms with van der Waals surface area (Å²) >= 11 is 0. The van der Waals surface area contributed by atoms with E-state index in [-0.39, 0.29) is 5.69 Å². The molecule has 0 bridgehead atoms. The zero-order valence-corrected chi connectivity index (χ0v) is 16.1. The first-order valence-electron chi connectivity index (χ1n) is 9.65. The number of benzene rings is 2. The SMILES string of the molecule is O=C(COc1cccc2ccc(N3CCCC3)nc12)Nc1ccccc1C(F)(F)F. The summed E-state index contributed by atoms with van der Waals surface area (Å²) in [5, 5.41) is 3.14. The highest BCUT2D eigenvalue weighted by Crippen LogP contribution is 2.34. The van der Waals surface area contributed by atoms with Crippen LogP contribution in [0.3, 0.4) is 0 Å². The molecule has 2 heterocycles. The van der Waals surface area contributed by atoms with Crippen molar-refractivity contribution in [1.29, 1.82) is 0 Å². The average Bonchev–Trinajstić information content (AvgIpc) is 3.26. The summed E-state index contributed by atoms with van der Waals surface area (Å²) in [6.07, 6.45) is -2.31. The first kappa shape index (κ1) is 20.0. The number of fused-ring (bicyclic) bond motifs is 1. The molecule has 4 rings (SSSR count). The maximum absolute atomic E-state index is 13.1. The van der Waals surface area contributed by atoms with Crippen molar-refractivity contribution in [2.45, 2.75) is 19.0 Å². The van der Waals surface area contributed by atoms with Gasteiger partial charge in [-0.05, 0) is 43.2 Å². The molecule has 1 amide bonds. The maximum atomic E-state index is 13.1. The number of carbonyl (C=O) groups is 1. The van der Waals surface area contributed by atoms with Gasteiger partial charge in [-0.15, -0.1) is 0 Å². The van der Waals surface area contributed by atoms with E-state index in [9.17, 15) is 18.0 Å². The van der Waals surface area contributed by atoms with Crippen molar-refractivity contribution in [3.05, 3.63) is 60.2 Å². The Morgan fingerprint density at radius 2 is 1.80 bits per heavy atom. The molecule has 0 unspecified atom stereocenters. The Labute approximate surface area is 171 Å². The van der Waals surface area contributed by atoms with Crippen LogP contribution in [0.25, 0.3) is 10.9 Å². The molecule has 5 nitrogen and oxygen atoms in total. The number of halogens is 3. The number of nitrogens with zero attached hydrogens (tertiary/aromatic N) is 2. The lowest BCUT2D eigenvalue weighted by atomic mass is 10.1. The van der Waals surface area contributed by atoms with Crippen LogP contribution in [0, 0.1) is 0 Å². The summed E-state index contributed by atoms with van der Waals surface area (Å²) in [6.45, 7) is 1.46. The van der Waals surface area contributed by atoms with Gasteiger partial charge in [-0.25, -0.2) is 4.98 Å². The maximum Gasteiger partial charge on any atom is 0.418 e. The van der Waals surface area contributed by atoms with Crippen LogP contribution in [0.1, 0.15) is 18.4 Å². The number of carbonyl (C=O) groups excluding carboxylic acids is 1.